The third kappa shape index (κ3) is 3.95. The Morgan fingerprint density at radius 1 is 1.15 bits per heavy atom. The number of benzene rings is 1. The van der Waals surface area contributed by atoms with Crippen molar-refractivity contribution in [2.45, 2.75) is 39.3 Å². The zero-order valence-corrected chi connectivity index (χ0v) is 16.6. The van der Waals surface area contributed by atoms with Crippen LogP contribution in [0.25, 0.3) is 11.0 Å². The van der Waals surface area contributed by atoms with Crippen LogP contribution in [-0.4, -0.2) is 10.1 Å². The first kappa shape index (κ1) is 21.2. The maximum atomic E-state index is 12.1. The van der Waals surface area contributed by atoms with Gasteiger partial charge in [0.25, 0.3) is 0 Å². The van der Waals surface area contributed by atoms with Gasteiger partial charge in [-0.2, -0.15) is 0 Å². The van der Waals surface area contributed by atoms with Gasteiger partial charge in [-0.25, -0.2) is 4.79 Å². The van der Waals surface area contributed by atoms with Gasteiger partial charge in [-0.1, -0.05) is 0 Å². The highest BCUT2D eigenvalue weighted by Gasteiger charge is 2.22. The minimum Gasteiger partial charge on any atom is -0.507 e. The van der Waals surface area contributed by atoms with Crippen LogP contribution in [0, 0.1) is 6.92 Å². The Morgan fingerprint density at radius 3 is 2.59 bits per heavy atom. The second-order valence-electron chi connectivity index (χ2n) is 6.55. The van der Waals surface area contributed by atoms with Gasteiger partial charge in [0.15, 0.2) is 0 Å². The van der Waals surface area contributed by atoms with Crippen LogP contribution in [0.3, 0.4) is 0 Å². The van der Waals surface area contributed by atoms with Gasteiger partial charge >= 0.3 is 5.63 Å². The maximum absolute atomic E-state index is 12.1. The molecule has 0 fully saturated rings. The fourth-order valence-corrected chi connectivity index (χ4v) is 3.61. The molecule has 2 N–H and O–H groups in total. The molecule has 0 spiro atoms. The van der Waals surface area contributed by atoms with Crippen LogP contribution in [0.15, 0.2) is 39.8 Å². The van der Waals surface area contributed by atoms with E-state index in [0.717, 1.165) is 46.9 Å². The lowest BCUT2D eigenvalue weighted by atomic mass is 10.00. The van der Waals surface area contributed by atoms with Gasteiger partial charge in [-0.3, -0.25) is 4.98 Å². The Bertz CT molecular complexity index is 1000. The summed E-state index contributed by atoms with van der Waals surface area (Å²) >= 11 is 0. The fraction of sp³-hybridized carbons (Fsp3) is 0.300. The molecule has 0 bridgehead atoms. The quantitative estimate of drug-likeness (QED) is 0.641. The van der Waals surface area contributed by atoms with Crippen LogP contribution in [-0.2, 0) is 25.9 Å². The Kier molecular flexibility index (Phi) is 6.87. The SMILES string of the molecule is Cc1c(O)c(CNCc2ccncc2)cc2c3c(c(=O)oc12)CCC3.Cl.Cl. The van der Waals surface area contributed by atoms with Crippen LogP contribution in [0.2, 0.25) is 0 Å². The minimum absolute atomic E-state index is 0. The van der Waals surface area contributed by atoms with Crippen LogP contribution >= 0.6 is 24.8 Å². The van der Waals surface area contributed by atoms with Gasteiger partial charge in [0, 0.05) is 47.6 Å². The number of hydrogen-bond donors (Lipinski definition) is 2. The van der Waals surface area contributed by atoms with E-state index < -0.39 is 0 Å². The zero-order chi connectivity index (χ0) is 17.4. The number of aromatic nitrogens is 1. The molecule has 2 heterocycles. The highest BCUT2D eigenvalue weighted by molar-refractivity contribution is 5.87. The van der Waals surface area contributed by atoms with Crippen molar-refractivity contribution in [2.24, 2.45) is 0 Å². The first-order chi connectivity index (χ1) is 12.1. The van der Waals surface area contributed by atoms with Crippen molar-refractivity contribution in [3.63, 3.8) is 0 Å². The van der Waals surface area contributed by atoms with E-state index in [0.29, 0.717) is 24.2 Å². The standard InChI is InChI=1S/C20H20N2O3.2ClH/c1-12-18(23)14(11-22-10-13-5-7-21-8-6-13)9-17-15-3-2-4-16(15)20(24)25-19(12)17;;/h5-9,22-23H,2-4,10-11H2,1H3;2*1H. The Balaban J connectivity index is 0.00000131. The summed E-state index contributed by atoms with van der Waals surface area (Å²) in [5.74, 6) is 0.191. The fourth-order valence-electron chi connectivity index (χ4n) is 3.61. The summed E-state index contributed by atoms with van der Waals surface area (Å²) in [5.41, 5.74) is 4.73. The maximum Gasteiger partial charge on any atom is 0.339 e. The van der Waals surface area contributed by atoms with Crippen LogP contribution < -0.4 is 10.9 Å². The third-order valence-corrected chi connectivity index (χ3v) is 4.94. The third-order valence-electron chi connectivity index (χ3n) is 4.94. The molecule has 0 saturated carbocycles. The number of hydrogen-bond acceptors (Lipinski definition) is 5. The second-order valence-corrected chi connectivity index (χ2v) is 6.55. The number of halogens is 2. The van der Waals surface area contributed by atoms with E-state index in [1.807, 2.05) is 18.2 Å². The molecule has 3 aromatic rings. The largest absolute Gasteiger partial charge is 0.507 e. The monoisotopic (exact) mass is 408 g/mol. The van der Waals surface area contributed by atoms with Crippen molar-refractivity contribution in [1.29, 1.82) is 0 Å². The van der Waals surface area contributed by atoms with Gasteiger partial charge < -0.3 is 14.8 Å². The van der Waals surface area contributed by atoms with Crippen molar-refractivity contribution in [3.05, 3.63) is 68.8 Å². The van der Waals surface area contributed by atoms with Gasteiger partial charge in [-0.05, 0) is 55.5 Å². The second kappa shape index (κ2) is 8.74. The number of phenolic OH excluding ortho intramolecular Hbond substituents is 1. The van der Waals surface area contributed by atoms with Crippen LogP contribution in [0.4, 0.5) is 0 Å². The van der Waals surface area contributed by atoms with E-state index in [4.69, 9.17) is 4.42 Å². The van der Waals surface area contributed by atoms with Gasteiger partial charge in [-0.15, -0.1) is 24.8 Å². The van der Waals surface area contributed by atoms with Gasteiger partial charge in [0.1, 0.15) is 11.3 Å². The van der Waals surface area contributed by atoms with E-state index in [1.54, 1.807) is 19.3 Å². The number of pyridine rings is 1. The first-order valence-corrected chi connectivity index (χ1v) is 8.55. The Morgan fingerprint density at radius 2 is 1.85 bits per heavy atom. The van der Waals surface area contributed by atoms with Crippen molar-refractivity contribution in [1.82, 2.24) is 10.3 Å². The number of aromatic hydroxyl groups is 1. The highest BCUT2D eigenvalue weighted by atomic mass is 35.5. The molecule has 0 atom stereocenters. The average Bonchev–Trinajstić information content (AvgIpc) is 3.12. The molecule has 7 heteroatoms. The number of rotatable bonds is 4. The Labute approximate surface area is 169 Å². The van der Waals surface area contributed by atoms with E-state index >= 15 is 0 Å². The molecule has 27 heavy (non-hydrogen) atoms. The molecule has 0 radical (unpaired) electrons. The number of aryl methyl sites for hydroxylation is 2. The summed E-state index contributed by atoms with van der Waals surface area (Å²) in [6.45, 7) is 3.04. The minimum atomic E-state index is -0.258. The van der Waals surface area contributed by atoms with Crippen LogP contribution in [0.5, 0.6) is 5.75 Å². The normalized spacial score (nSPS) is 12.3. The molecule has 1 aromatic carbocycles. The molecular weight excluding hydrogens is 387 g/mol. The predicted molar refractivity (Wildman–Crippen MR) is 110 cm³/mol. The van der Waals surface area contributed by atoms with Crippen molar-refractivity contribution >= 4 is 35.8 Å². The summed E-state index contributed by atoms with van der Waals surface area (Å²) in [5, 5.41) is 14.8. The first-order valence-electron chi connectivity index (χ1n) is 8.55. The molecule has 0 amide bonds. The summed E-state index contributed by atoms with van der Waals surface area (Å²) in [6.07, 6.45) is 6.18. The molecule has 2 aromatic heterocycles. The summed E-state index contributed by atoms with van der Waals surface area (Å²) < 4.78 is 5.50. The lowest BCUT2D eigenvalue weighted by molar-refractivity contribution is 0.457. The molecule has 0 saturated heterocycles. The molecule has 4 rings (SSSR count). The van der Waals surface area contributed by atoms with Gasteiger partial charge in [0.2, 0.25) is 0 Å². The van der Waals surface area contributed by atoms with E-state index in [2.05, 4.69) is 10.3 Å². The number of nitrogens with zero attached hydrogens (tertiary/aromatic N) is 1. The Hall–Kier alpha value is -2.08. The number of fused-ring (bicyclic) bond motifs is 3. The summed E-state index contributed by atoms with van der Waals surface area (Å²) in [4.78, 5) is 16.1. The van der Waals surface area contributed by atoms with E-state index in [-0.39, 0.29) is 36.2 Å². The molecule has 0 aliphatic heterocycles. The van der Waals surface area contributed by atoms with E-state index in [1.165, 1.54) is 0 Å². The van der Waals surface area contributed by atoms with Crippen molar-refractivity contribution in [3.8, 4) is 5.75 Å². The molecule has 5 nitrogen and oxygen atoms in total. The molecule has 1 aliphatic rings. The lowest BCUT2D eigenvalue weighted by Crippen LogP contribution is -2.13. The van der Waals surface area contributed by atoms with Gasteiger partial charge in [0.05, 0.1) is 0 Å². The summed E-state index contributed by atoms with van der Waals surface area (Å²) in [6, 6.07) is 5.88. The summed E-state index contributed by atoms with van der Waals surface area (Å²) in [7, 11) is 0. The van der Waals surface area contributed by atoms with Crippen molar-refractivity contribution < 1.29 is 9.52 Å². The molecular formula is C20H22Cl2N2O3. The molecule has 0 unspecified atom stereocenters. The molecule has 144 valence electrons. The topological polar surface area (TPSA) is 75.4 Å². The van der Waals surface area contributed by atoms with E-state index in [9.17, 15) is 9.90 Å². The average molecular weight is 409 g/mol. The highest BCUT2D eigenvalue weighted by Crippen LogP contribution is 2.35. The molecule has 1 aliphatic carbocycles. The number of nitrogens with one attached hydrogen (secondary N) is 1. The number of phenols is 1. The van der Waals surface area contributed by atoms with Crippen LogP contribution in [0.1, 0.15) is 34.2 Å². The van der Waals surface area contributed by atoms with Crippen molar-refractivity contribution in [2.75, 3.05) is 0 Å². The predicted octanol–water partition coefficient (Wildman–Crippen LogP) is 3.82. The smallest absolute Gasteiger partial charge is 0.339 e. The zero-order valence-electron chi connectivity index (χ0n) is 14.9. The lowest BCUT2D eigenvalue weighted by Gasteiger charge is -2.13.